The molecule has 1 aliphatic rings. The first kappa shape index (κ1) is 9.47. The molecule has 0 radical (unpaired) electrons. The highest BCUT2D eigenvalue weighted by Gasteiger charge is 2.18. The molecule has 74 valence electrons. The van der Waals surface area contributed by atoms with Crippen molar-refractivity contribution in [2.75, 3.05) is 6.54 Å². The summed E-state index contributed by atoms with van der Waals surface area (Å²) in [4.78, 5) is 0. The zero-order valence-corrected chi connectivity index (χ0v) is 8.66. The predicted octanol–water partition coefficient (Wildman–Crippen LogP) is 2.76. The summed E-state index contributed by atoms with van der Waals surface area (Å²) in [6, 6.07) is 9.41. The van der Waals surface area contributed by atoms with Gasteiger partial charge < -0.3 is 5.32 Å². The van der Waals surface area contributed by atoms with Gasteiger partial charge in [0.1, 0.15) is 0 Å². The molecule has 2 rings (SSSR count). The molecule has 0 spiro atoms. The van der Waals surface area contributed by atoms with Crippen LogP contribution < -0.4 is 5.32 Å². The van der Waals surface area contributed by atoms with Crippen LogP contribution in [-0.2, 0) is 0 Å². The van der Waals surface area contributed by atoms with Crippen LogP contribution in [0.2, 0.25) is 0 Å². The summed E-state index contributed by atoms with van der Waals surface area (Å²) in [6.45, 7) is 3.11. The van der Waals surface area contributed by atoms with Gasteiger partial charge in [-0.25, -0.2) is 0 Å². The number of rotatable bonds is 4. The third-order valence-corrected chi connectivity index (χ3v) is 2.49. The molecule has 1 aliphatic carbocycles. The minimum Gasteiger partial charge on any atom is -0.311 e. The van der Waals surface area contributed by atoms with Crippen molar-refractivity contribution in [2.45, 2.75) is 25.8 Å². The zero-order chi connectivity index (χ0) is 9.80. The minimum absolute atomic E-state index is 0.803. The minimum atomic E-state index is 0.803. The largest absolute Gasteiger partial charge is 0.311 e. The Kier molecular flexibility index (Phi) is 3.00. The number of hydrogen-bond acceptors (Lipinski definition) is 1. The van der Waals surface area contributed by atoms with Gasteiger partial charge in [-0.2, -0.15) is 0 Å². The summed E-state index contributed by atoms with van der Waals surface area (Å²) >= 11 is 0. The number of hydrogen-bond donors (Lipinski definition) is 1. The smallest absolute Gasteiger partial charge is 0.0140 e. The molecule has 1 aromatic carbocycles. The monoisotopic (exact) mass is 187 g/mol. The van der Waals surface area contributed by atoms with Crippen molar-refractivity contribution in [3.8, 4) is 0 Å². The molecular weight excluding hydrogens is 170 g/mol. The van der Waals surface area contributed by atoms with Crippen molar-refractivity contribution < 1.29 is 0 Å². The lowest BCUT2D eigenvalue weighted by atomic mass is 10.1. The highest BCUT2D eigenvalue weighted by molar-refractivity contribution is 5.49. The lowest BCUT2D eigenvalue weighted by molar-refractivity contribution is 0.754. The second kappa shape index (κ2) is 4.43. The molecular formula is C13H17N. The summed E-state index contributed by atoms with van der Waals surface area (Å²) in [5, 5.41) is 3.45. The average Bonchev–Trinajstić information content (AvgIpc) is 2.99. The Morgan fingerprint density at radius 1 is 1.29 bits per heavy atom. The Bertz CT molecular complexity index is 307. The first-order valence-corrected chi connectivity index (χ1v) is 5.31. The van der Waals surface area contributed by atoms with Crippen LogP contribution in [0.15, 0.2) is 30.3 Å². The third-order valence-electron chi connectivity index (χ3n) is 2.49. The van der Waals surface area contributed by atoms with Gasteiger partial charge in [0.25, 0.3) is 0 Å². The van der Waals surface area contributed by atoms with Crippen molar-refractivity contribution >= 4 is 6.08 Å². The van der Waals surface area contributed by atoms with Gasteiger partial charge >= 0.3 is 0 Å². The van der Waals surface area contributed by atoms with E-state index in [1.165, 1.54) is 24.0 Å². The molecule has 0 aliphatic heterocycles. The Morgan fingerprint density at radius 2 is 2.00 bits per heavy atom. The van der Waals surface area contributed by atoms with Gasteiger partial charge in [-0.05, 0) is 25.3 Å². The fourth-order valence-electron chi connectivity index (χ4n) is 1.39. The molecule has 0 bridgehead atoms. The van der Waals surface area contributed by atoms with Crippen LogP contribution in [0.5, 0.6) is 0 Å². The van der Waals surface area contributed by atoms with Crippen LogP contribution in [0, 0.1) is 6.92 Å². The van der Waals surface area contributed by atoms with Crippen LogP contribution >= 0.6 is 0 Å². The van der Waals surface area contributed by atoms with E-state index in [9.17, 15) is 0 Å². The summed E-state index contributed by atoms with van der Waals surface area (Å²) in [6.07, 6.45) is 7.09. The van der Waals surface area contributed by atoms with E-state index < -0.39 is 0 Å². The van der Waals surface area contributed by atoms with Gasteiger partial charge in [-0.3, -0.25) is 0 Å². The molecule has 0 heterocycles. The fraction of sp³-hybridized carbons (Fsp3) is 0.385. The van der Waals surface area contributed by atoms with Gasteiger partial charge in [0.2, 0.25) is 0 Å². The summed E-state index contributed by atoms with van der Waals surface area (Å²) < 4.78 is 0. The highest BCUT2D eigenvalue weighted by Crippen LogP contribution is 2.18. The lowest BCUT2D eigenvalue weighted by Crippen LogP contribution is -2.15. The maximum absolute atomic E-state index is 3.45. The van der Waals surface area contributed by atoms with E-state index in [-0.39, 0.29) is 0 Å². The van der Waals surface area contributed by atoms with Gasteiger partial charge in [0.05, 0.1) is 0 Å². The molecule has 14 heavy (non-hydrogen) atoms. The maximum atomic E-state index is 3.45. The van der Waals surface area contributed by atoms with Crippen molar-refractivity contribution in [1.29, 1.82) is 0 Å². The van der Waals surface area contributed by atoms with Crippen LogP contribution in [-0.4, -0.2) is 12.6 Å². The van der Waals surface area contributed by atoms with Crippen molar-refractivity contribution in [3.05, 3.63) is 41.5 Å². The van der Waals surface area contributed by atoms with E-state index in [2.05, 4.69) is 48.7 Å². The highest BCUT2D eigenvalue weighted by atomic mass is 14.9. The zero-order valence-electron chi connectivity index (χ0n) is 8.66. The number of nitrogens with one attached hydrogen (secondary N) is 1. The van der Waals surface area contributed by atoms with Gasteiger partial charge in [-0.1, -0.05) is 42.0 Å². The number of benzene rings is 1. The third kappa shape index (κ3) is 3.00. The lowest BCUT2D eigenvalue weighted by Gasteiger charge is -1.96. The molecule has 1 nitrogen and oxygen atoms in total. The normalized spacial score (nSPS) is 16.4. The fourth-order valence-corrected chi connectivity index (χ4v) is 1.39. The predicted molar refractivity (Wildman–Crippen MR) is 61.2 cm³/mol. The van der Waals surface area contributed by atoms with E-state index in [4.69, 9.17) is 0 Å². The average molecular weight is 187 g/mol. The summed E-state index contributed by atoms with van der Waals surface area (Å²) in [5.74, 6) is 0. The number of aryl methyl sites for hydroxylation is 1. The van der Waals surface area contributed by atoms with E-state index >= 15 is 0 Å². The van der Waals surface area contributed by atoms with E-state index in [1.54, 1.807) is 0 Å². The molecule has 0 saturated heterocycles. The quantitative estimate of drug-likeness (QED) is 0.764. The van der Waals surface area contributed by atoms with Gasteiger partial charge in [0, 0.05) is 12.6 Å². The Labute approximate surface area is 85.8 Å². The van der Waals surface area contributed by atoms with Crippen molar-refractivity contribution in [1.82, 2.24) is 5.32 Å². The van der Waals surface area contributed by atoms with Crippen LogP contribution in [0.1, 0.15) is 24.0 Å². The Balaban J connectivity index is 1.80. The van der Waals surface area contributed by atoms with E-state index in [0.29, 0.717) is 0 Å². The van der Waals surface area contributed by atoms with Crippen molar-refractivity contribution in [3.63, 3.8) is 0 Å². The van der Waals surface area contributed by atoms with Crippen LogP contribution in [0.4, 0.5) is 0 Å². The molecule has 0 atom stereocenters. The maximum Gasteiger partial charge on any atom is 0.0140 e. The molecule has 1 N–H and O–H groups in total. The standard InChI is InChI=1S/C13H17N/c1-11-4-6-12(7-5-11)3-2-10-14-13-8-9-13/h2-7,13-14H,8-10H2,1H3. The summed E-state index contributed by atoms with van der Waals surface area (Å²) in [7, 11) is 0. The van der Waals surface area contributed by atoms with Crippen molar-refractivity contribution in [2.24, 2.45) is 0 Å². The van der Waals surface area contributed by atoms with Gasteiger partial charge in [0.15, 0.2) is 0 Å². The first-order chi connectivity index (χ1) is 6.84. The topological polar surface area (TPSA) is 12.0 Å². The molecule has 1 heteroatoms. The molecule has 0 unspecified atom stereocenters. The second-order valence-electron chi connectivity index (χ2n) is 4.00. The van der Waals surface area contributed by atoms with Crippen LogP contribution in [0.3, 0.4) is 0 Å². The molecule has 1 aromatic rings. The molecule has 0 aromatic heterocycles. The molecule has 0 amide bonds. The summed E-state index contributed by atoms with van der Waals surface area (Å²) in [5.41, 5.74) is 2.60. The SMILES string of the molecule is Cc1ccc(C=CCNC2CC2)cc1. The Hall–Kier alpha value is -1.08. The van der Waals surface area contributed by atoms with Crippen LogP contribution in [0.25, 0.3) is 6.08 Å². The molecule has 1 fully saturated rings. The van der Waals surface area contributed by atoms with Gasteiger partial charge in [-0.15, -0.1) is 0 Å². The second-order valence-corrected chi connectivity index (χ2v) is 4.00. The van der Waals surface area contributed by atoms with E-state index in [0.717, 1.165) is 12.6 Å². The first-order valence-electron chi connectivity index (χ1n) is 5.31. The van der Waals surface area contributed by atoms with E-state index in [1.807, 2.05) is 0 Å². The Morgan fingerprint density at radius 3 is 2.64 bits per heavy atom. The molecule has 1 saturated carbocycles.